The molecule has 0 amide bonds. The van der Waals surface area contributed by atoms with E-state index in [-0.39, 0.29) is 52.8 Å². The number of para-hydroxylation sites is 1. The molecule has 0 radical (unpaired) electrons. The van der Waals surface area contributed by atoms with Gasteiger partial charge in [-0.15, -0.1) is 0 Å². The number of hydrogen-bond donors (Lipinski definition) is 2. The van der Waals surface area contributed by atoms with Crippen LogP contribution in [0.25, 0.3) is 10.9 Å². The van der Waals surface area contributed by atoms with Gasteiger partial charge in [-0.3, -0.25) is 0 Å². The van der Waals surface area contributed by atoms with Crippen LogP contribution < -0.4 is 51.4 Å². The van der Waals surface area contributed by atoms with Crippen molar-refractivity contribution in [2.45, 2.75) is 0 Å². The van der Waals surface area contributed by atoms with E-state index < -0.39 is 5.97 Å². The molecule has 0 saturated carbocycles. The maximum absolute atomic E-state index is 10.7. The molecule has 0 bridgehead atoms. The van der Waals surface area contributed by atoms with Gasteiger partial charge in [-0.2, -0.15) is 0 Å². The molecule has 1 aromatic heterocycles. The van der Waals surface area contributed by atoms with Crippen molar-refractivity contribution in [3.8, 4) is 0 Å². The maximum Gasteiger partial charge on any atom is 1.00 e. The first-order valence-corrected chi connectivity index (χ1v) is 3.58. The monoisotopic (exact) mass is 201 g/mol. The smallest absolute Gasteiger partial charge is 1.00 e. The van der Waals surface area contributed by atoms with Crippen LogP contribution >= 0.6 is 0 Å². The van der Waals surface area contributed by atoms with E-state index in [1.807, 2.05) is 18.2 Å². The molecule has 0 unspecified atom stereocenters. The Morgan fingerprint density at radius 3 is 2.77 bits per heavy atom. The number of benzene rings is 1. The Bertz CT molecular complexity index is 441. The molecule has 2 N–H and O–H groups in total. The standard InChI is InChI=1S/C9H7NO2.K.H/c11-9(12)7-5-10-8-4-2-1-3-6(7)8;;/h1-5,10H,(H,11,12);;/q;+1;-1. The van der Waals surface area contributed by atoms with Crippen LogP contribution in [0.5, 0.6) is 0 Å². The zero-order valence-corrected chi connectivity index (χ0v) is 10.4. The van der Waals surface area contributed by atoms with E-state index in [0.29, 0.717) is 5.56 Å². The van der Waals surface area contributed by atoms with Gasteiger partial charge in [0, 0.05) is 17.1 Å². The Hall–Kier alpha value is -0.134. The predicted octanol–water partition coefficient (Wildman–Crippen LogP) is -1.02. The van der Waals surface area contributed by atoms with Gasteiger partial charge in [0.2, 0.25) is 0 Å². The first kappa shape index (κ1) is 10.9. The number of aromatic nitrogens is 1. The Kier molecular flexibility index (Phi) is 3.70. The number of carbonyl (C=O) groups is 1. The van der Waals surface area contributed by atoms with Gasteiger partial charge in [-0.25, -0.2) is 4.79 Å². The topological polar surface area (TPSA) is 53.1 Å². The summed E-state index contributed by atoms with van der Waals surface area (Å²) in [7, 11) is 0. The van der Waals surface area contributed by atoms with Gasteiger partial charge >= 0.3 is 57.4 Å². The Labute approximate surface area is 119 Å². The fourth-order valence-electron chi connectivity index (χ4n) is 1.25. The van der Waals surface area contributed by atoms with E-state index in [1.165, 1.54) is 6.20 Å². The number of fused-ring (bicyclic) bond motifs is 1. The van der Waals surface area contributed by atoms with Gasteiger partial charge in [-0.05, 0) is 6.07 Å². The molecule has 0 aliphatic rings. The molecule has 0 spiro atoms. The van der Waals surface area contributed by atoms with Crippen molar-refractivity contribution in [2.75, 3.05) is 0 Å². The van der Waals surface area contributed by atoms with Crippen LogP contribution in [-0.2, 0) is 0 Å². The van der Waals surface area contributed by atoms with Gasteiger partial charge in [0.1, 0.15) is 0 Å². The van der Waals surface area contributed by atoms with Crippen LogP contribution in [0.15, 0.2) is 30.5 Å². The number of hydrogen-bond acceptors (Lipinski definition) is 1. The van der Waals surface area contributed by atoms with Gasteiger partial charge in [0.05, 0.1) is 5.56 Å². The van der Waals surface area contributed by atoms with Gasteiger partial charge < -0.3 is 11.5 Å². The van der Waals surface area contributed by atoms with Crippen molar-refractivity contribution < 1.29 is 62.7 Å². The van der Waals surface area contributed by atoms with E-state index in [0.717, 1.165) is 10.9 Å². The van der Waals surface area contributed by atoms with Crippen LogP contribution in [0, 0.1) is 0 Å². The Morgan fingerprint density at radius 1 is 1.38 bits per heavy atom. The molecule has 13 heavy (non-hydrogen) atoms. The summed E-state index contributed by atoms with van der Waals surface area (Å²) in [6.07, 6.45) is 1.51. The van der Waals surface area contributed by atoms with Gasteiger partial charge in [0.25, 0.3) is 0 Å². The zero-order valence-electron chi connectivity index (χ0n) is 8.24. The van der Waals surface area contributed by atoms with E-state index in [1.54, 1.807) is 6.07 Å². The van der Waals surface area contributed by atoms with Crippen LogP contribution in [0.1, 0.15) is 11.8 Å². The maximum atomic E-state index is 10.7. The normalized spacial score (nSPS) is 9.54. The zero-order chi connectivity index (χ0) is 8.55. The first-order valence-electron chi connectivity index (χ1n) is 3.58. The summed E-state index contributed by atoms with van der Waals surface area (Å²) in [5.41, 5.74) is 1.18. The number of rotatable bonds is 1. The first-order chi connectivity index (χ1) is 5.79. The Morgan fingerprint density at radius 2 is 2.08 bits per heavy atom. The molecule has 0 saturated heterocycles. The second-order valence-electron chi connectivity index (χ2n) is 2.55. The molecule has 2 rings (SSSR count). The molecule has 4 heteroatoms. The molecule has 62 valence electrons. The minimum Gasteiger partial charge on any atom is -1.00 e. The molecule has 1 heterocycles. The third-order valence-corrected chi connectivity index (χ3v) is 1.82. The van der Waals surface area contributed by atoms with Crippen LogP contribution in [-0.4, -0.2) is 16.1 Å². The summed E-state index contributed by atoms with van der Waals surface area (Å²) in [5.74, 6) is -0.896. The molecule has 0 aliphatic carbocycles. The number of carboxylic acid groups (broad SMARTS) is 1. The van der Waals surface area contributed by atoms with E-state index >= 15 is 0 Å². The summed E-state index contributed by atoms with van der Waals surface area (Å²) in [6, 6.07) is 7.32. The Balaban J connectivity index is 0.000000845. The summed E-state index contributed by atoms with van der Waals surface area (Å²) in [4.78, 5) is 13.5. The summed E-state index contributed by atoms with van der Waals surface area (Å²) < 4.78 is 0. The van der Waals surface area contributed by atoms with E-state index in [2.05, 4.69) is 4.98 Å². The minimum atomic E-state index is -0.896. The van der Waals surface area contributed by atoms with Crippen LogP contribution in [0.4, 0.5) is 0 Å². The third kappa shape index (κ3) is 2.03. The summed E-state index contributed by atoms with van der Waals surface area (Å²) in [6.45, 7) is 0. The van der Waals surface area contributed by atoms with Crippen molar-refractivity contribution in [2.24, 2.45) is 0 Å². The fourth-order valence-corrected chi connectivity index (χ4v) is 1.25. The SMILES string of the molecule is O=C(O)c1c[nH]c2ccccc12.[H-].[K+]. The summed E-state index contributed by atoms with van der Waals surface area (Å²) >= 11 is 0. The molecule has 0 aliphatic heterocycles. The number of nitrogens with one attached hydrogen (secondary N) is 1. The number of aromatic carboxylic acids is 1. The molecular formula is C9H8KNO2. The molecule has 0 fully saturated rings. The molecule has 2 aromatic rings. The molecule has 3 nitrogen and oxygen atoms in total. The van der Waals surface area contributed by atoms with Crippen molar-refractivity contribution in [3.05, 3.63) is 36.0 Å². The average Bonchev–Trinajstić information content (AvgIpc) is 2.47. The van der Waals surface area contributed by atoms with Crippen molar-refractivity contribution in [3.63, 3.8) is 0 Å². The number of H-pyrrole nitrogens is 1. The fraction of sp³-hybridized carbons (Fsp3) is 0. The average molecular weight is 201 g/mol. The van der Waals surface area contributed by atoms with Crippen LogP contribution in [0.2, 0.25) is 0 Å². The molecular weight excluding hydrogens is 193 g/mol. The largest absolute Gasteiger partial charge is 1.00 e. The van der Waals surface area contributed by atoms with Crippen molar-refractivity contribution in [1.29, 1.82) is 0 Å². The van der Waals surface area contributed by atoms with Crippen LogP contribution in [0.3, 0.4) is 0 Å². The second-order valence-corrected chi connectivity index (χ2v) is 2.55. The molecule has 0 atom stereocenters. The van der Waals surface area contributed by atoms with Crippen molar-refractivity contribution in [1.82, 2.24) is 4.98 Å². The quantitative estimate of drug-likeness (QED) is 0.580. The molecule has 1 aromatic carbocycles. The predicted molar refractivity (Wildman–Crippen MR) is 46.4 cm³/mol. The van der Waals surface area contributed by atoms with Gasteiger partial charge in [0.15, 0.2) is 0 Å². The second kappa shape index (κ2) is 4.39. The number of carboxylic acids is 1. The van der Waals surface area contributed by atoms with E-state index in [9.17, 15) is 4.79 Å². The van der Waals surface area contributed by atoms with E-state index in [4.69, 9.17) is 5.11 Å². The van der Waals surface area contributed by atoms with Crippen molar-refractivity contribution >= 4 is 16.9 Å². The number of aromatic amines is 1. The third-order valence-electron chi connectivity index (χ3n) is 1.82. The minimum absolute atomic E-state index is 0. The summed E-state index contributed by atoms with van der Waals surface area (Å²) in [5, 5.41) is 9.51. The van der Waals surface area contributed by atoms with Gasteiger partial charge in [-0.1, -0.05) is 18.2 Å².